The van der Waals surface area contributed by atoms with Crippen LogP contribution in [0.4, 0.5) is 0 Å². The maximum atomic E-state index is 13.2. The van der Waals surface area contributed by atoms with E-state index in [9.17, 15) is 9.59 Å². The van der Waals surface area contributed by atoms with Crippen LogP contribution in [0.1, 0.15) is 48.9 Å². The number of hydrogen-bond donors (Lipinski definition) is 1. The maximum absolute atomic E-state index is 13.2. The third kappa shape index (κ3) is 6.91. The highest BCUT2D eigenvalue weighted by atomic mass is 32.2. The summed E-state index contributed by atoms with van der Waals surface area (Å²) in [5.41, 5.74) is 4.69. The monoisotopic (exact) mass is 426 g/mol. The number of carbonyl (C=O) groups excluding carboxylic acids is 2. The number of hydrogen-bond acceptors (Lipinski definition) is 3. The maximum Gasteiger partial charge on any atom is 0.242 e. The Kier molecular flexibility index (Phi) is 9.95. The molecular weight excluding hydrogens is 392 g/mol. The Bertz CT molecular complexity index is 837. The van der Waals surface area contributed by atoms with Crippen molar-refractivity contribution in [3.8, 4) is 0 Å². The first kappa shape index (κ1) is 24.0. The molecule has 0 aliphatic rings. The van der Waals surface area contributed by atoms with E-state index in [4.69, 9.17) is 0 Å². The number of nitrogens with one attached hydrogen (secondary N) is 1. The molecular formula is C25H34N2O2S. The molecule has 0 heterocycles. The average Bonchev–Trinajstić information content (AvgIpc) is 2.74. The van der Waals surface area contributed by atoms with Crippen molar-refractivity contribution in [1.29, 1.82) is 0 Å². The minimum atomic E-state index is -0.456. The number of aryl methyl sites for hydroxylation is 2. The van der Waals surface area contributed by atoms with Crippen molar-refractivity contribution < 1.29 is 9.59 Å². The summed E-state index contributed by atoms with van der Waals surface area (Å²) in [4.78, 5) is 27.8. The number of nitrogens with zero attached hydrogens (tertiary/aromatic N) is 1. The summed E-state index contributed by atoms with van der Waals surface area (Å²) < 4.78 is 0. The van der Waals surface area contributed by atoms with Crippen LogP contribution in [0.5, 0.6) is 0 Å². The molecule has 0 bridgehead atoms. The highest BCUT2D eigenvalue weighted by molar-refractivity contribution is 7.99. The van der Waals surface area contributed by atoms with Crippen LogP contribution in [0.25, 0.3) is 0 Å². The number of rotatable bonds is 11. The van der Waals surface area contributed by atoms with Gasteiger partial charge in [-0.15, -0.1) is 11.8 Å². The quantitative estimate of drug-likeness (QED) is 0.558. The van der Waals surface area contributed by atoms with E-state index in [1.807, 2.05) is 57.2 Å². The van der Waals surface area contributed by atoms with Crippen molar-refractivity contribution in [2.24, 2.45) is 0 Å². The summed E-state index contributed by atoms with van der Waals surface area (Å²) in [5.74, 6) is 1.09. The normalized spacial score (nSPS) is 11.7. The van der Waals surface area contributed by atoms with E-state index >= 15 is 0 Å². The standard InChI is InChI=1S/C25H34N2O2S/c1-5-15-26-25(29)23(6-2)27(16-21-13-9-7-11-19(21)3)24(28)18-30-17-22-14-10-8-12-20(22)4/h7-14,23H,5-6,15-18H2,1-4H3,(H,26,29)/t23-/m1/s1. The van der Waals surface area contributed by atoms with Crippen molar-refractivity contribution in [2.75, 3.05) is 12.3 Å². The molecule has 0 unspecified atom stereocenters. The molecule has 2 aromatic carbocycles. The highest BCUT2D eigenvalue weighted by Crippen LogP contribution is 2.20. The summed E-state index contributed by atoms with van der Waals surface area (Å²) in [7, 11) is 0. The summed E-state index contributed by atoms with van der Waals surface area (Å²) in [6.45, 7) is 9.21. The molecule has 2 aromatic rings. The van der Waals surface area contributed by atoms with E-state index in [0.717, 1.165) is 23.3 Å². The van der Waals surface area contributed by atoms with E-state index in [-0.39, 0.29) is 11.8 Å². The van der Waals surface area contributed by atoms with Crippen LogP contribution in [0.2, 0.25) is 0 Å². The molecule has 0 saturated heterocycles. The van der Waals surface area contributed by atoms with Crippen LogP contribution in [-0.2, 0) is 21.9 Å². The van der Waals surface area contributed by atoms with Gasteiger partial charge in [-0.25, -0.2) is 0 Å². The second kappa shape index (κ2) is 12.4. The predicted molar refractivity (Wildman–Crippen MR) is 126 cm³/mol. The lowest BCUT2D eigenvalue weighted by atomic mass is 10.1. The minimum absolute atomic E-state index is 0.00957. The predicted octanol–water partition coefficient (Wildman–Crippen LogP) is 4.87. The topological polar surface area (TPSA) is 49.4 Å². The molecule has 162 valence electrons. The summed E-state index contributed by atoms with van der Waals surface area (Å²) in [6, 6.07) is 15.8. The molecule has 1 atom stereocenters. The third-order valence-electron chi connectivity index (χ3n) is 5.28. The van der Waals surface area contributed by atoms with Gasteiger partial charge in [0.2, 0.25) is 11.8 Å². The Morgan fingerprint density at radius 2 is 1.57 bits per heavy atom. The molecule has 2 rings (SSSR count). The first-order chi connectivity index (χ1) is 14.5. The lowest BCUT2D eigenvalue weighted by molar-refractivity contribution is -0.139. The fourth-order valence-electron chi connectivity index (χ4n) is 3.36. The second-order valence-electron chi connectivity index (χ2n) is 7.58. The van der Waals surface area contributed by atoms with Crippen molar-refractivity contribution in [2.45, 2.75) is 58.9 Å². The number of amides is 2. The Morgan fingerprint density at radius 1 is 0.967 bits per heavy atom. The minimum Gasteiger partial charge on any atom is -0.354 e. The second-order valence-corrected chi connectivity index (χ2v) is 8.57. The van der Waals surface area contributed by atoms with Gasteiger partial charge in [-0.05, 0) is 48.9 Å². The Morgan fingerprint density at radius 3 is 2.13 bits per heavy atom. The first-order valence-electron chi connectivity index (χ1n) is 10.7. The molecule has 0 radical (unpaired) electrons. The molecule has 0 fully saturated rings. The summed E-state index contributed by atoms with van der Waals surface area (Å²) in [6.07, 6.45) is 1.47. The molecule has 5 heteroatoms. The van der Waals surface area contributed by atoms with Crippen molar-refractivity contribution in [3.63, 3.8) is 0 Å². The van der Waals surface area contributed by atoms with E-state index in [1.165, 1.54) is 11.1 Å². The Balaban J connectivity index is 2.14. The molecule has 1 N–H and O–H groups in total. The number of thioether (sulfide) groups is 1. The SMILES string of the molecule is CCCNC(=O)[C@@H](CC)N(Cc1ccccc1C)C(=O)CSCc1ccccc1C. The molecule has 4 nitrogen and oxygen atoms in total. The zero-order valence-electron chi connectivity index (χ0n) is 18.6. The van der Waals surface area contributed by atoms with Gasteiger partial charge in [-0.2, -0.15) is 0 Å². The Hall–Kier alpha value is -2.27. The first-order valence-corrected chi connectivity index (χ1v) is 11.9. The third-order valence-corrected chi connectivity index (χ3v) is 6.25. The van der Waals surface area contributed by atoms with E-state index in [2.05, 4.69) is 24.4 Å². The van der Waals surface area contributed by atoms with Crippen molar-refractivity contribution in [3.05, 3.63) is 70.8 Å². The largest absolute Gasteiger partial charge is 0.354 e. The molecule has 2 amide bonds. The van der Waals surface area contributed by atoms with Gasteiger partial charge < -0.3 is 10.2 Å². The fourth-order valence-corrected chi connectivity index (χ4v) is 4.35. The van der Waals surface area contributed by atoms with Crippen LogP contribution in [0.3, 0.4) is 0 Å². The molecule has 30 heavy (non-hydrogen) atoms. The van der Waals surface area contributed by atoms with Gasteiger partial charge in [0, 0.05) is 18.8 Å². The zero-order valence-corrected chi connectivity index (χ0v) is 19.4. The molecule has 0 aromatic heterocycles. The van der Waals surface area contributed by atoms with Crippen molar-refractivity contribution in [1.82, 2.24) is 10.2 Å². The van der Waals surface area contributed by atoms with Crippen molar-refractivity contribution >= 4 is 23.6 Å². The summed E-state index contributed by atoms with van der Waals surface area (Å²) in [5, 5.41) is 2.97. The van der Waals surface area contributed by atoms with Crippen LogP contribution in [0, 0.1) is 13.8 Å². The molecule has 0 aliphatic carbocycles. The highest BCUT2D eigenvalue weighted by Gasteiger charge is 2.28. The average molecular weight is 427 g/mol. The van der Waals surface area contributed by atoms with Gasteiger partial charge in [0.15, 0.2) is 0 Å². The van der Waals surface area contributed by atoms with E-state index in [1.54, 1.807) is 16.7 Å². The van der Waals surface area contributed by atoms with Gasteiger partial charge in [-0.3, -0.25) is 9.59 Å². The molecule has 0 spiro atoms. The van der Waals surface area contributed by atoms with E-state index in [0.29, 0.717) is 25.3 Å². The number of carbonyl (C=O) groups is 2. The van der Waals surface area contributed by atoms with Gasteiger partial charge in [0.25, 0.3) is 0 Å². The number of benzene rings is 2. The van der Waals surface area contributed by atoms with Crippen LogP contribution in [0.15, 0.2) is 48.5 Å². The lowest BCUT2D eigenvalue weighted by Crippen LogP contribution is -2.49. The van der Waals surface area contributed by atoms with Crippen LogP contribution < -0.4 is 5.32 Å². The molecule has 0 aliphatic heterocycles. The van der Waals surface area contributed by atoms with E-state index < -0.39 is 6.04 Å². The van der Waals surface area contributed by atoms with Gasteiger partial charge in [0.05, 0.1) is 5.75 Å². The van der Waals surface area contributed by atoms with Gasteiger partial charge in [-0.1, -0.05) is 62.4 Å². The summed E-state index contributed by atoms with van der Waals surface area (Å²) >= 11 is 1.61. The Labute approximate surface area is 185 Å². The lowest BCUT2D eigenvalue weighted by Gasteiger charge is -2.31. The van der Waals surface area contributed by atoms with Crippen LogP contribution >= 0.6 is 11.8 Å². The molecule has 0 saturated carbocycles. The van der Waals surface area contributed by atoms with Gasteiger partial charge in [0.1, 0.15) is 6.04 Å². The zero-order chi connectivity index (χ0) is 21.9. The fraction of sp³-hybridized carbons (Fsp3) is 0.440. The van der Waals surface area contributed by atoms with Crippen LogP contribution in [-0.4, -0.2) is 35.1 Å². The smallest absolute Gasteiger partial charge is 0.242 e. The van der Waals surface area contributed by atoms with Gasteiger partial charge >= 0.3 is 0 Å².